The fourth-order valence-corrected chi connectivity index (χ4v) is 1.93. The highest BCUT2D eigenvalue weighted by Gasteiger charge is 2.07. The van der Waals surface area contributed by atoms with Crippen LogP contribution in [-0.2, 0) is 0 Å². The van der Waals surface area contributed by atoms with Crippen LogP contribution < -0.4 is 5.73 Å². The van der Waals surface area contributed by atoms with Crippen LogP contribution in [0, 0.1) is 12.7 Å². The second-order valence-electron chi connectivity index (χ2n) is 4.34. The lowest BCUT2D eigenvalue weighted by Gasteiger charge is -1.99. The van der Waals surface area contributed by atoms with Gasteiger partial charge in [0.1, 0.15) is 11.6 Å². The molecule has 3 aromatic rings. The number of nitrogens with zero attached hydrogens (tertiary/aromatic N) is 1. The summed E-state index contributed by atoms with van der Waals surface area (Å²) in [4.78, 5) is 7.61. The number of hydrogen-bond donors (Lipinski definition) is 2. The lowest BCUT2D eigenvalue weighted by Crippen LogP contribution is -1.91. The van der Waals surface area contributed by atoms with Crippen LogP contribution in [0.2, 0.25) is 0 Å². The van der Waals surface area contributed by atoms with Crippen molar-refractivity contribution in [2.24, 2.45) is 0 Å². The lowest BCUT2D eigenvalue weighted by molar-refractivity contribution is 0.633. The standard InChI is InChI=1S/C14H12FN3/c1-8-2-5-12-13(6-8)18-14(17-12)9-3-4-11(16)10(15)7-9/h2-7H,16H2,1H3,(H,17,18). The average molecular weight is 241 g/mol. The molecular formula is C14H12FN3. The molecule has 0 aliphatic rings. The van der Waals surface area contributed by atoms with E-state index in [-0.39, 0.29) is 5.69 Å². The molecule has 0 amide bonds. The number of rotatable bonds is 1. The first-order valence-corrected chi connectivity index (χ1v) is 5.65. The predicted octanol–water partition coefficient (Wildman–Crippen LogP) is 3.26. The number of H-pyrrole nitrogens is 1. The second kappa shape index (κ2) is 3.84. The summed E-state index contributed by atoms with van der Waals surface area (Å²) in [6.07, 6.45) is 0. The molecule has 0 radical (unpaired) electrons. The fourth-order valence-electron chi connectivity index (χ4n) is 1.93. The van der Waals surface area contributed by atoms with Gasteiger partial charge >= 0.3 is 0 Å². The smallest absolute Gasteiger partial charge is 0.146 e. The number of nitrogen functional groups attached to an aromatic ring is 1. The van der Waals surface area contributed by atoms with E-state index >= 15 is 0 Å². The van der Waals surface area contributed by atoms with E-state index in [1.165, 1.54) is 6.07 Å². The van der Waals surface area contributed by atoms with Crippen LogP contribution in [0.15, 0.2) is 36.4 Å². The summed E-state index contributed by atoms with van der Waals surface area (Å²) in [5, 5.41) is 0. The Morgan fingerprint density at radius 3 is 2.78 bits per heavy atom. The van der Waals surface area contributed by atoms with E-state index in [1.807, 2.05) is 25.1 Å². The molecule has 18 heavy (non-hydrogen) atoms. The molecule has 4 heteroatoms. The van der Waals surface area contributed by atoms with Gasteiger partial charge in [0.05, 0.1) is 16.7 Å². The summed E-state index contributed by atoms with van der Waals surface area (Å²) in [6.45, 7) is 2.02. The number of benzene rings is 2. The molecule has 0 spiro atoms. The number of nitrogens with one attached hydrogen (secondary N) is 1. The van der Waals surface area contributed by atoms with E-state index in [0.29, 0.717) is 11.4 Å². The third kappa shape index (κ3) is 1.72. The monoisotopic (exact) mass is 241 g/mol. The zero-order valence-electron chi connectivity index (χ0n) is 9.87. The molecule has 0 aliphatic carbocycles. The van der Waals surface area contributed by atoms with Crippen molar-refractivity contribution in [3.8, 4) is 11.4 Å². The minimum absolute atomic E-state index is 0.144. The topological polar surface area (TPSA) is 54.7 Å². The van der Waals surface area contributed by atoms with Crippen LogP contribution >= 0.6 is 0 Å². The summed E-state index contributed by atoms with van der Waals surface area (Å²) in [5.74, 6) is 0.221. The van der Waals surface area contributed by atoms with Gasteiger partial charge in [-0.2, -0.15) is 0 Å². The van der Waals surface area contributed by atoms with Gasteiger partial charge < -0.3 is 10.7 Å². The molecule has 3 N–H and O–H groups in total. The molecule has 0 unspecified atom stereocenters. The molecule has 2 aromatic carbocycles. The van der Waals surface area contributed by atoms with Gasteiger partial charge in [-0.3, -0.25) is 0 Å². The maximum atomic E-state index is 13.4. The molecule has 0 atom stereocenters. The zero-order chi connectivity index (χ0) is 12.7. The first-order valence-electron chi connectivity index (χ1n) is 5.65. The summed E-state index contributed by atoms with van der Waals surface area (Å²) in [7, 11) is 0. The molecule has 1 aromatic heterocycles. The van der Waals surface area contributed by atoms with Gasteiger partial charge in [-0.05, 0) is 42.8 Å². The van der Waals surface area contributed by atoms with Gasteiger partial charge in [0.2, 0.25) is 0 Å². The normalized spacial score (nSPS) is 11.0. The van der Waals surface area contributed by atoms with Crippen molar-refractivity contribution in [3.63, 3.8) is 0 Å². The predicted molar refractivity (Wildman–Crippen MR) is 70.6 cm³/mol. The zero-order valence-corrected chi connectivity index (χ0v) is 9.87. The van der Waals surface area contributed by atoms with E-state index in [1.54, 1.807) is 12.1 Å². The molecular weight excluding hydrogens is 229 g/mol. The molecule has 3 nitrogen and oxygen atoms in total. The Balaban J connectivity index is 2.16. The number of imidazole rings is 1. The third-order valence-electron chi connectivity index (χ3n) is 2.91. The average Bonchev–Trinajstić information content (AvgIpc) is 2.75. The summed E-state index contributed by atoms with van der Waals surface area (Å²) >= 11 is 0. The van der Waals surface area contributed by atoms with Crippen LogP contribution in [0.5, 0.6) is 0 Å². The van der Waals surface area contributed by atoms with Crippen LogP contribution in [-0.4, -0.2) is 9.97 Å². The van der Waals surface area contributed by atoms with Crippen LogP contribution in [0.25, 0.3) is 22.4 Å². The van der Waals surface area contributed by atoms with Gasteiger partial charge in [-0.25, -0.2) is 9.37 Å². The first-order chi connectivity index (χ1) is 8.63. The van der Waals surface area contributed by atoms with Gasteiger partial charge in [0.25, 0.3) is 0 Å². The number of aromatic nitrogens is 2. The molecule has 0 aliphatic heterocycles. The maximum Gasteiger partial charge on any atom is 0.146 e. The summed E-state index contributed by atoms with van der Waals surface area (Å²) in [6, 6.07) is 10.6. The van der Waals surface area contributed by atoms with Gasteiger partial charge in [0, 0.05) is 5.56 Å². The van der Waals surface area contributed by atoms with Crippen LogP contribution in [0.3, 0.4) is 0 Å². The summed E-state index contributed by atoms with van der Waals surface area (Å²) < 4.78 is 13.4. The van der Waals surface area contributed by atoms with Gasteiger partial charge in [0.15, 0.2) is 0 Å². The molecule has 90 valence electrons. The van der Waals surface area contributed by atoms with Crippen molar-refractivity contribution in [1.29, 1.82) is 0 Å². The van der Waals surface area contributed by atoms with Crippen molar-refractivity contribution < 1.29 is 4.39 Å². The number of aromatic amines is 1. The van der Waals surface area contributed by atoms with E-state index < -0.39 is 5.82 Å². The number of halogens is 1. The Bertz CT molecular complexity index is 731. The lowest BCUT2D eigenvalue weighted by atomic mass is 10.2. The Hall–Kier alpha value is -2.36. The van der Waals surface area contributed by atoms with Gasteiger partial charge in [-0.1, -0.05) is 6.07 Å². The number of anilines is 1. The van der Waals surface area contributed by atoms with E-state index in [9.17, 15) is 4.39 Å². The van der Waals surface area contributed by atoms with E-state index in [0.717, 1.165) is 16.6 Å². The third-order valence-corrected chi connectivity index (χ3v) is 2.91. The largest absolute Gasteiger partial charge is 0.396 e. The second-order valence-corrected chi connectivity index (χ2v) is 4.34. The highest BCUT2D eigenvalue weighted by atomic mass is 19.1. The van der Waals surface area contributed by atoms with Crippen molar-refractivity contribution >= 4 is 16.7 Å². The molecule has 0 fully saturated rings. The Labute approximate surface area is 103 Å². The van der Waals surface area contributed by atoms with Crippen LogP contribution in [0.1, 0.15) is 5.56 Å². The van der Waals surface area contributed by atoms with Crippen molar-refractivity contribution in [2.45, 2.75) is 6.92 Å². The molecule has 1 heterocycles. The molecule has 3 rings (SSSR count). The Morgan fingerprint density at radius 1 is 1.17 bits per heavy atom. The summed E-state index contributed by atoms with van der Waals surface area (Å²) in [5.41, 5.74) is 9.26. The van der Waals surface area contributed by atoms with Gasteiger partial charge in [-0.15, -0.1) is 0 Å². The Morgan fingerprint density at radius 2 is 2.00 bits per heavy atom. The fraction of sp³-hybridized carbons (Fsp3) is 0.0714. The number of nitrogens with two attached hydrogens (primary N) is 1. The minimum Gasteiger partial charge on any atom is -0.396 e. The molecule has 0 saturated heterocycles. The van der Waals surface area contributed by atoms with Crippen molar-refractivity contribution in [3.05, 3.63) is 47.8 Å². The SMILES string of the molecule is Cc1ccc2nc(-c3ccc(N)c(F)c3)[nH]c2c1. The maximum absolute atomic E-state index is 13.4. The van der Waals surface area contributed by atoms with Crippen LogP contribution in [0.4, 0.5) is 10.1 Å². The molecule has 0 saturated carbocycles. The van der Waals surface area contributed by atoms with Crippen molar-refractivity contribution in [1.82, 2.24) is 9.97 Å². The van der Waals surface area contributed by atoms with E-state index in [4.69, 9.17) is 5.73 Å². The molecule has 0 bridgehead atoms. The van der Waals surface area contributed by atoms with E-state index in [2.05, 4.69) is 9.97 Å². The van der Waals surface area contributed by atoms with Crippen molar-refractivity contribution in [2.75, 3.05) is 5.73 Å². The quantitative estimate of drug-likeness (QED) is 0.642. The Kier molecular flexibility index (Phi) is 2.30. The highest BCUT2D eigenvalue weighted by molar-refractivity contribution is 5.80. The number of fused-ring (bicyclic) bond motifs is 1. The minimum atomic E-state index is -0.427. The number of aryl methyl sites for hydroxylation is 1. The number of hydrogen-bond acceptors (Lipinski definition) is 2. The highest BCUT2D eigenvalue weighted by Crippen LogP contribution is 2.23. The first kappa shape index (κ1) is 10.8.